The Morgan fingerprint density at radius 1 is 1.00 bits per heavy atom. The number of ether oxygens (including phenoxy) is 1. The molecule has 0 aliphatic carbocycles. The number of rotatable bonds is 4. The lowest BCUT2D eigenvalue weighted by Gasteiger charge is -2.10. The zero-order valence-electron chi connectivity index (χ0n) is 11.1. The number of anilines is 1. The van der Waals surface area contributed by atoms with Gasteiger partial charge >= 0.3 is 0 Å². The molecular weight excluding hydrogens is 238 g/mol. The van der Waals surface area contributed by atoms with Crippen molar-refractivity contribution in [1.82, 2.24) is 0 Å². The van der Waals surface area contributed by atoms with E-state index in [1.165, 1.54) is 0 Å². The molecule has 1 amide bonds. The summed E-state index contributed by atoms with van der Waals surface area (Å²) in [5, 5.41) is 2.84. The summed E-state index contributed by atoms with van der Waals surface area (Å²) in [5.41, 5.74) is 1.40. The second-order valence-corrected chi connectivity index (χ2v) is 4.51. The van der Waals surface area contributed by atoms with Gasteiger partial charge in [0.1, 0.15) is 5.75 Å². The zero-order chi connectivity index (χ0) is 13.7. The molecule has 0 aliphatic rings. The topological polar surface area (TPSA) is 38.3 Å². The van der Waals surface area contributed by atoms with Gasteiger partial charge in [0.25, 0.3) is 5.91 Å². The maximum absolute atomic E-state index is 12.0. The fourth-order valence-corrected chi connectivity index (χ4v) is 1.68. The smallest absolute Gasteiger partial charge is 0.255 e. The van der Waals surface area contributed by atoms with E-state index < -0.39 is 0 Å². The van der Waals surface area contributed by atoms with Crippen molar-refractivity contribution in [3.63, 3.8) is 0 Å². The second-order valence-electron chi connectivity index (χ2n) is 4.51. The van der Waals surface area contributed by atoms with Crippen molar-refractivity contribution in [2.24, 2.45) is 0 Å². The highest BCUT2D eigenvalue weighted by molar-refractivity contribution is 6.04. The van der Waals surface area contributed by atoms with Gasteiger partial charge in [-0.3, -0.25) is 4.79 Å². The Kier molecular flexibility index (Phi) is 4.18. The van der Waals surface area contributed by atoms with Crippen LogP contribution in [0.3, 0.4) is 0 Å². The third kappa shape index (κ3) is 3.85. The summed E-state index contributed by atoms with van der Waals surface area (Å²) < 4.78 is 5.54. The largest absolute Gasteiger partial charge is 0.491 e. The lowest BCUT2D eigenvalue weighted by molar-refractivity contribution is 0.102. The van der Waals surface area contributed by atoms with Gasteiger partial charge in [0.15, 0.2) is 0 Å². The molecule has 0 unspecified atom stereocenters. The average Bonchev–Trinajstić information content (AvgIpc) is 2.40. The first-order valence-electron chi connectivity index (χ1n) is 6.28. The maximum Gasteiger partial charge on any atom is 0.255 e. The van der Waals surface area contributed by atoms with E-state index in [1.54, 1.807) is 24.3 Å². The zero-order valence-corrected chi connectivity index (χ0v) is 11.1. The summed E-state index contributed by atoms with van der Waals surface area (Å²) in [7, 11) is 0. The van der Waals surface area contributed by atoms with Gasteiger partial charge in [-0.25, -0.2) is 0 Å². The van der Waals surface area contributed by atoms with Crippen LogP contribution in [0.2, 0.25) is 0 Å². The Labute approximate surface area is 113 Å². The van der Waals surface area contributed by atoms with Gasteiger partial charge in [0.05, 0.1) is 6.10 Å². The standard InChI is InChI=1S/C16H17NO2/c1-12(2)19-15-10-8-13(9-11-15)16(18)17-14-6-4-3-5-7-14/h3-12H,1-2H3,(H,17,18). The molecule has 0 heterocycles. The fraction of sp³-hybridized carbons (Fsp3) is 0.188. The van der Waals surface area contributed by atoms with Crippen LogP contribution in [0.1, 0.15) is 24.2 Å². The van der Waals surface area contributed by atoms with Crippen LogP contribution >= 0.6 is 0 Å². The molecule has 0 fully saturated rings. The number of carbonyl (C=O) groups excluding carboxylic acids is 1. The van der Waals surface area contributed by atoms with E-state index in [0.717, 1.165) is 11.4 Å². The molecule has 0 aliphatic heterocycles. The number of hydrogen-bond donors (Lipinski definition) is 1. The number of para-hydroxylation sites is 1. The molecule has 0 radical (unpaired) electrons. The van der Waals surface area contributed by atoms with Crippen molar-refractivity contribution in [3.8, 4) is 5.75 Å². The summed E-state index contributed by atoms with van der Waals surface area (Å²) in [6.07, 6.45) is 0.129. The summed E-state index contributed by atoms with van der Waals surface area (Å²) in [6, 6.07) is 16.5. The molecule has 0 aromatic heterocycles. The first-order chi connectivity index (χ1) is 9.15. The number of nitrogens with one attached hydrogen (secondary N) is 1. The Hall–Kier alpha value is -2.29. The van der Waals surface area contributed by atoms with Crippen LogP contribution in [0, 0.1) is 0 Å². The number of amides is 1. The van der Waals surface area contributed by atoms with Gasteiger partial charge in [-0.15, -0.1) is 0 Å². The third-order valence-corrected chi connectivity index (χ3v) is 2.52. The van der Waals surface area contributed by atoms with Crippen LogP contribution < -0.4 is 10.1 Å². The molecule has 0 saturated heterocycles. The molecule has 0 atom stereocenters. The summed E-state index contributed by atoms with van der Waals surface area (Å²) in [4.78, 5) is 12.0. The molecule has 3 nitrogen and oxygen atoms in total. The van der Waals surface area contributed by atoms with Crippen molar-refractivity contribution in [2.45, 2.75) is 20.0 Å². The fourth-order valence-electron chi connectivity index (χ4n) is 1.68. The van der Waals surface area contributed by atoms with Gasteiger partial charge in [-0.1, -0.05) is 18.2 Å². The SMILES string of the molecule is CC(C)Oc1ccc(C(=O)Nc2ccccc2)cc1. The number of hydrogen-bond acceptors (Lipinski definition) is 2. The molecule has 98 valence electrons. The molecule has 0 saturated carbocycles. The van der Waals surface area contributed by atoms with E-state index in [0.29, 0.717) is 5.56 Å². The van der Waals surface area contributed by atoms with Crippen LogP contribution in [0.5, 0.6) is 5.75 Å². The highest BCUT2D eigenvalue weighted by Crippen LogP contribution is 2.15. The van der Waals surface area contributed by atoms with Gasteiger partial charge in [0.2, 0.25) is 0 Å². The summed E-state index contributed by atoms with van der Waals surface area (Å²) in [6.45, 7) is 3.94. The average molecular weight is 255 g/mol. The normalized spacial score (nSPS) is 10.3. The minimum Gasteiger partial charge on any atom is -0.491 e. The van der Waals surface area contributed by atoms with Gasteiger partial charge in [-0.2, -0.15) is 0 Å². The maximum atomic E-state index is 12.0. The van der Waals surface area contributed by atoms with Crippen molar-refractivity contribution >= 4 is 11.6 Å². The van der Waals surface area contributed by atoms with Crippen LogP contribution in [0.15, 0.2) is 54.6 Å². The van der Waals surface area contributed by atoms with Crippen molar-refractivity contribution in [3.05, 3.63) is 60.2 Å². The third-order valence-electron chi connectivity index (χ3n) is 2.52. The molecule has 19 heavy (non-hydrogen) atoms. The summed E-state index contributed by atoms with van der Waals surface area (Å²) in [5.74, 6) is 0.647. The molecule has 3 heteroatoms. The van der Waals surface area contributed by atoms with E-state index in [-0.39, 0.29) is 12.0 Å². The van der Waals surface area contributed by atoms with E-state index in [2.05, 4.69) is 5.32 Å². The molecule has 2 aromatic carbocycles. The lowest BCUT2D eigenvalue weighted by Crippen LogP contribution is -2.12. The number of carbonyl (C=O) groups is 1. The van der Waals surface area contributed by atoms with Gasteiger partial charge in [-0.05, 0) is 50.2 Å². The number of benzene rings is 2. The Morgan fingerprint density at radius 3 is 2.21 bits per heavy atom. The Morgan fingerprint density at radius 2 is 1.63 bits per heavy atom. The first kappa shape index (κ1) is 13.1. The Balaban J connectivity index is 2.04. The molecule has 2 aromatic rings. The molecule has 0 spiro atoms. The predicted octanol–water partition coefficient (Wildman–Crippen LogP) is 3.73. The molecular formula is C16H17NO2. The first-order valence-corrected chi connectivity index (χ1v) is 6.28. The quantitative estimate of drug-likeness (QED) is 0.904. The van der Waals surface area contributed by atoms with Crippen LogP contribution in [-0.2, 0) is 0 Å². The van der Waals surface area contributed by atoms with Gasteiger partial charge in [0, 0.05) is 11.3 Å². The van der Waals surface area contributed by atoms with E-state index >= 15 is 0 Å². The van der Waals surface area contributed by atoms with E-state index in [1.807, 2.05) is 44.2 Å². The van der Waals surface area contributed by atoms with E-state index in [4.69, 9.17) is 4.74 Å². The highest BCUT2D eigenvalue weighted by atomic mass is 16.5. The van der Waals surface area contributed by atoms with Crippen molar-refractivity contribution < 1.29 is 9.53 Å². The van der Waals surface area contributed by atoms with Crippen molar-refractivity contribution in [1.29, 1.82) is 0 Å². The lowest BCUT2D eigenvalue weighted by atomic mass is 10.2. The second kappa shape index (κ2) is 6.05. The van der Waals surface area contributed by atoms with Crippen LogP contribution in [-0.4, -0.2) is 12.0 Å². The monoisotopic (exact) mass is 255 g/mol. The van der Waals surface area contributed by atoms with Crippen LogP contribution in [0.25, 0.3) is 0 Å². The molecule has 2 rings (SSSR count). The Bertz CT molecular complexity index is 532. The summed E-state index contributed by atoms with van der Waals surface area (Å²) >= 11 is 0. The molecule has 0 bridgehead atoms. The van der Waals surface area contributed by atoms with E-state index in [9.17, 15) is 4.79 Å². The van der Waals surface area contributed by atoms with Crippen LogP contribution in [0.4, 0.5) is 5.69 Å². The predicted molar refractivity (Wildman–Crippen MR) is 76.6 cm³/mol. The van der Waals surface area contributed by atoms with Crippen molar-refractivity contribution in [2.75, 3.05) is 5.32 Å². The highest BCUT2D eigenvalue weighted by Gasteiger charge is 2.06. The molecule has 1 N–H and O–H groups in total. The minimum absolute atomic E-state index is 0.123. The van der Waals surface area contributed by atoms with Gasteiger partial charge < -0.3 is 10.1 Å². The minimum atomic E-state index is -0.123.